The molecule has 0 saturated heterocycles. The van der Waals surface area contributed by atoms with E-state index in [1.165, 1.54) is 0 Å². The molecule has 0 fully saturated rings. The lowest BCUT2D eigenvalue weighted by Crippen LogP contribution is -2.14. The summed E-state index contributed by atoms with van der Waals surface area (Å²) in [5.74, 6) is 1.36. The number of hydrogen-bond donors (Lipinski definition) is 1. The van der Waals surface area contributed by atoms with Crippen LogP contribution in [0.15, 0.2) is 66.7 Å². The normalized spacial score (nSPS) is 11.1. The third kappa shape index (κ3) is 5.01. The molecule has 0 unspecified atom stereocenters. The first-order valence-corrected chi connectivity index (χ1v) is 10.1. The van der Waals surface area contributed by atoms with Gasteiger partial charge in [-0.3, -0.25) is 4.79 Å². The molecule has 3 rings (SSSR count). The summed E-state index contributed by atoms with van der Waals surface area (Å²) < 4.78 is 11.6. The number of methoxy groups -OCH3 is 1. The first kappa shape index (κ1) is 21.4. The number of aryl methyl sites for hydroxylation is 1. The van der Waals surface area contributed by atoms with E-state index < -0.39 is 0 Å². The maximum absolute atomic E-state index is 12.8. The Hall–Kier alpha value is -3.27. The molecule has 4 heteroatoms. The molecule has 0 aliphatic heterocycles. The zero-order valence-corrected chi connectivity index (χ0v) is 18.3. The molecule has 0 aromatic heterocycles. The molecule has 4 nitrogen and oxygen atoms in total. The van der Waals surface area contributed by atoms with Gasteiger partial charge < -0.3 is 14.8 Å². The minimum Gasteiger partial charge on any atom is -0.496 e. The van der Waals surface area contributed by atoms with Gasteiger partial charge in [-0.05, 0) is 53.8 Å². The van der Waals surface area contributed by atoms with Gasteiger partial charge in [0, 0.05) is 16.8 Å². The van der Waals surface area contributed by atoms with Gasteiger partial charge in [-0.25, -0.2) is 0 Å². The molecule has 3 aromatic carbocycles. The van der Waals surface area contributed by atoms with E-state index in [1.54, 1.807) is 19.2 Å². The van der Waals surface area contributed by atoms with E-state index in [-0.39, 0.29) is 11.3 Å². The van der Waals surface area contributed by atoms with Crippen molar-refractivity contribution in [1.29, 1.82) is 0 Å². The number of benzene rings is 3. The molecule has 0 heterocycles. The molecular formula is C26H29NO3. The maximum Gasteiger partial charge on any atom is 0.255 e. The van der Waals surface area contributed by atoms with Crippen LogP contribution in [0.5, 0.6) is 11.5 Å². The Morgan fingerprint density at radius 3 is 2.33 bits per heavy atom. The molecule has 1 N–H and O–H groups in total. The highest BCUT2D eigenvalue weighted by Gasteiger charge is 2.19. The van der Waals surface area contributed by atoms with E-state index in [0.29, 0.717) is 17.9 Å². The van der Waals surface area contributed by atoms with Crippen molar-refractivity contribution < 1.29 is 14.3 Å². The molecule has 30 heavy (non-hydrogen) atoms. The first-order valence-electron chi connectivity index (χ1n) is 10.1. The SMILES string of the molecule is COc1ccc(C(=O)Nc2ccccc2C)cc1COc1ccccc1C(C)(C)C. The number of carbonyl (C=O) groups is 1. The van der Waals surface area contributed by atoms with E-state index in [2.05, 4.69) is 32.2 Å². The van der Waals surface area contributed by atoms with Gasteiger partial charge in [0.1, 0.15) is 18.1 Å². The molecule has 0 saturated carbocycles. The number of anilines is 1. The van der Waals surface area contributed by atoms with Crippen molar-refractivity contribution in [2.75, 3.05) is 12.4 Å². The molecule has 0 aliphatic carbocycles. The standard InChI is InChI=1S/C26H29NO3/c1-18-10-6-8-12-22(18)27-25(28)19-14-15-23(29-5)20(16-19)17-30-24-13-9-7-11-21(24)26(2,3)4/h6-16H,17H2,1-5H3,(H,27,28). The number of carbonyl (C=O) groups excluding carboxylic acids is 1. The quantitative estimate of drug-likeness (QED) is 0.538. The zero-order chi connectivity index (χ0) is 21.7. The predicted octanol–water partition coefficient (Wildman–Crippen LogP) is 6.13. The predicted molar refractivity (Wildman–Crippen MR) is 122 cm³/mol. The second-order valence-corrected chi connectivity index (χ2v) is 8.33. The molecule has 3 aromatic rings. The lowest BCUT2D eigenvalue weighted by molar-refractivity contribution is 0.102. The maximum atomic E-state index is 12.8. The Kier molecular flexibility index (Phi) is 6.46. The number of ether oxygens (including phenoxy) is 2. The van der Waals surface area contributed by atoms with Crippen molar-refractivity contribution in [3.8, 4) is 11.5 Å². The zero-order valence-electron chi connectivity index (χ0n) is 18.3. The number of para-hydroxylation sites is 2. The lowest BCUT2D eigenvalue weighted by Gasteiger charge is -2.23. The van der Waals surface area contributed by atoms with Crippen LogP contribution in [0.4, 0.5) is 5.69 Å². The van der Waals surface area contributed by atoms with Gasteiger partial charge in [0.25, 0.3) is 5.91 Å². The molecule has 0 spiro atoms. The van der Waals surface area contributed by atoms with Gasteiger partial charge in [-0.15, -0.1) is 0 Å². The first-order chi connectivity index (χ1) is 14.3. The minimum absolute atomic E-state index is 0.0318. The third-order valence-corrected chi connectivity index (χ3v) is 5.01. The summed E-state index contributed by atoms with van der Waals surface area (Å²) in [6.45, 7) is 8.75. The molecule has 156 valence electrons. The van der Waals surface area contributed by atoms with Gasteiger partial charge in [-0.2, -0.15) is 0 Å². The van der Waals surface area contributed by atoms with Crippen molar-refractivity contribution in [2.45, 2.75) is 39.7 Å². The van der Waals surface area contributed by atoms with E-state index in [9.17, 15) is 4.79 Å². The topological polar surface area (TPSA) is 47.6 Å². The van der Waals surface area contributed by atoms with Crippen LogP contribution in [0, 0.1) is 6.92 Å². The smallest absolute Gasteiger partial charge is 0.255 e. The van der Waals surface area contributed by atoms with Gasteiger partial charge in [0.2, 0.25) is 0 Å². The number of rotatable bonds is 6. The van der Waals surface area contributed by atoms with E-state index >= 15 is 0 Å². The Balaban J connectivity index is 1.82. The van der Waals surface area contributed by atoms with Crippen molar-refractivity contribution in [3.05, 3.63) is 89.0 Å². The molecular weight excluding hydrogens is 374 g/mol. The van der Waals surface area contributed by atoms with Crippen LogP contribution in [0.2, 0.25) is 0 Å². The van der Waals surface area contributed by atoms with Crippen molar-refractivity contribution in [3.63, 3.8) is 0 Å². The van der Waals surface area contributed by atoms with Gasteiger partial charge >= 0.3 is 0 Å². The number of hydrogen-bond acceptors (Lipinski definition) is 3. The summed E-state index contributed by atoms with van der Waals surface area (Å²) in [5, 5.41) is 2.97. The van der Waals surface area contributed by atoms with E-state index in [4.69, 9.17) is 9.47 Å². The van der Waals surface area contributed by atoms with Gasteiger partial charge in [0.15, 0.2) is 0 Å². The largest absolute Gasteiger partial charge is 0.496 e. The van der Waals surface area contributed by atoms with Crippen LogP contribution in [-0.2, 0) is 12.0 Å². The van der Waals surface area contributed by atoms with Crippen molar-refractivity contribution in [1.82, 2.24) is 0 Å². The summed E-state index contributed by atoms with van der Waals surface area (Å²) in [6.07, 6.45) is 0. The summed E-state index contributed by atoms with van der Waals surface area (Å²) in [4.78, 5) is 12.8. The number of nitrogens with one attached hydrogen (secondary N) is 1. The second-order valence-electron chi connectivity index (χ2n) is 8.33. The Morgan fingerprint density at radius 2 is 1.63 bits per heavy atom. The third-order valence-electron chi connectivity index (χ3n) is 5.01. The average molecular weight is 404 g/mol. The van der Waals surface area contributed by atoms with Crippen LogP contribution in [0.3, 0.4) is 0 Å². The molecule has 0 atom stereocenters. The highest BCUT2D eigenvalue weighted by molar-refractivity contribution is 6.04. The fourth-order valence-corrected chi connectivity index (χ4v) is 3.31. The van der Waals surface area contributed by atoms with E-state index in [0.717, 1.165) is 28.1 Å². The fourth-order valence-electron chi connectivity index (χ4n) is 3.31. The lowest BCUT2D eigenvalue weighted by atomic mass is 9.86. The summed E-state index contributed by atoms with van der Waals surface area (Å²) in [5.41, 5.74) is 4.30. The molecule has 0 bridgehead atoms. The van der Waals surface area contributed by atoms with Gasteiger partial charge in [-0.1, -0.05) is 57.2 Å². The average Bonchev–Trinajstić information content (AvgIpc) is 2.73. The molecule has 1 amide bonds. The summed E-state index contributed by atoms with van der Waals surface area (Å²) >= 11 is 0. The monoisotopic (exact) mass is 403 g/mol. The van der Waals surface area contributed by atoms with Crippen LogP contribution in [0.25, 0.3) is 0 Å². The second kappa shape index (κ2) is 9.04. The Labute approximate surface area is 178 Å². The number of amides is 1. The van der Waals surface area contributed by atoms with Crippen LogP contribution < -0.4 is 14.8 Å². The van der Waals surface area contributed by atoms with E-state index in [1.807, 2.05) is 55.5 Å². The fraction of sp³-hybridized carbons (Fsp3) is 0.269. The van der Waals surface area contributed by atoms with Crippen molar-refractivity contribution >= 4 is 11.6 Å². The van der Waals surface area contributed by atoms with Crippen LogP contribution in [0.1, 0.15) is 47.8 Å². The highest BCUT2D eigenvalue weighted by Crippen LogP contribution is 2.32. The summed E-state index contributed by atoms with van der Waals surface area (Å²) in [6, 6.07) is 21.1. The summed E-state index contributed by atoms with van der Waals surface area (Å²) in [7, 11) is 1.62. The Morgan fingerprint density at radius 1 is 0.933 bits per heavy atom. The molecule has 0 aliphatic rings. The van der Waals surface area contributed by atoms with Crippen LogP contribution >= 0.6 is 0 Å². The minimum atomic E-state index is -0.164. The Bertz CT molecular complexity index is 1030. The van der Waals surface area contributed by atoms with Gasteiger partial charge in [0.05, 0.1) is 7.11 Å². The van der Waals surface area contributed by atoms with Crippen LogP contribution in [-0.4, -0.2) is 13.0 Å². The highest BCUT2D eigenvalue weighted by atomic mass is 16.5. The van der Waals surface area contributed by atoms with Crippen molar-refractivity contribution in [2.24, 2.45) is 0 Å². The molecule has 0 radical (unpaired) electrons.